The third-order valence-electron chi connectivity index (χ3n) is 5.19. The topological polar surface area (TPSA) is 150 Å². The number of benzene rings is 1. The van der Waals surface area contributed by atoms with Crippen molar-refractivity contribution in [3.05, 3.63) is 35.7 Å². The minimum absolute atomic E-state index is 0.157. The number of carbonyl (C=O) groups excluding carboxylic acids is 2. The molecule has 0 bridgehead atoms. The molecule has 0 radical (unpaired) electrons. The van der Waals surface area contributed by atoms with Crippen molar-refractivity contribution in [1.82, 2.24) is 10.6 Å². The lowest BCUT2D eigenvalue weighted by molar-refractivity contribution is -0.116. The van der Waals surface area contributed by atoms with Crippen molar-refractivity contribution in [1.29, 1.82) is 0 Å². The molecule has 0 aromatic heterocycles. The first-order valence-electron chi connectivity index (χ1n) is 11.8. The van der Waals surface area contributed by atoms with E-state index in [2.05, 4.69) is 25.9 Å². The van der Waals surface area contributed by atoms with Crippen LogP contribution in [-0.4, -0.2) is 63.9 Å². The van der Waals surface area contributed by atoms with Gasteiger partial charge in [-0.1, -0.05) is 0 Å². The van der Waals surface area contributed by atoms with E-state index in [0.717, 1.165) is 30.4 Å². The number of anilines is 2. The van der Waals surface area contributed by atoms with Gasteiger partial charge in [0.1, 0.15) is 0 Å². The molecule has 10 heteroatoms. The van der Waals surface area contributed by atoms with Crippen LogP contribution in [0, 0.1) is 0 Å². The summed E-state index contributed by atoms with van der Waals surface area (Å²) >= 11 is 0. The van der Waals surface area contributed by atoms with Crippen LogP contribution in [0.1, 0.15) is 46.1 Å². The predicted octanol–water partition coefficient (Wildman–Crippen LogP) is 2.01. The molecule has 10 nitrogen and oxygen atoms in total. The number of hydrogen-bond donors (Lipinski definition) is 5. The molecule has 2 aliphatic heterocycles. The highest BCUT2D eigenvalue weighted by atomic mass is 16.2. The molecule has 0 saturated carbocycles. The maximum absolute atomic E-state index is 11.0. The van der Waals surface area contributed by atoms with E-state index in [1.807, 2.05) is 32.2 Å². The van der Waals surface area contributed by atoms with Crippen LogP contribution in [0.25, 0.3) is 0 Å². The van der Waals surface area contributed by atoms with Crippen molar-refractivity contribution < 1.29 is 9.59 Å². The lowest BCUT2D eigenvalue weighted by Crippen LogP contribution is -2.37. The van der Waals surface area contributed by atoms with E-state index >= 15 is 0 Å². The van der Waals surface area contributed by atoms with Gasteiger partial charge in [-0.15, -0.1) is 0 Å². The predicted molar refractivity (Wildman–Crippen MR) is 148 cm³/mol. The summed E-state index contributed by atoms with van der Waals surface area (Å²) in [6.45, 7) is 10.0. The first-order chi connectivity index (χ1) is 16.7. The zero-order chi connectivity index (χ0) is 26.6. The zero-order valence-electron chi connectivity index (χ0n) is 22.1. The van der Waals surface area contributed by atoms with Gasteiger partial charge in [-0.3, -0.25) is 14.6 Å². The molecule has 196 valence electrons. The van der Waals surface area contributed by atoms with Gasteiger partial charge in [-0.2, -0.15) is 0 Å². The molecule has 7 N–H and O–H groups in total. The van der Waals surface area contributed by atoms with Crippen molar-refractivity contribution >= 4 is 35.5 Å². The van der Waals surface area contributed by atoms with Crippen LogP contribution in [0.15, 0.2) is 40.1 Å². The van der Waals surface area contributed by atoms with Crippen molar-refractivity contribution in [3.63, 3.8) is 0 Å². The van der Waals surface area contributed by atoms with Crippen molar-refractivity contribution in [2.75, 3.05) is 44.1 Å². The zero-order valence-corrected chi connectivity index (χ0v) is 22.1. The summed E-state index contributed by atoms with van der Waals surface area (Å²) in [6, 6.07) is 6.53. The molecular weight excluding hydrogens is 444 g/mol. The Morgan fingerprint density at radius 1 is 1.20 bits per heavy atom. The molecule has 2 heterocycles. The molecule has 1 fully saturated rings. The third kappa shape index (κ3) is 14.0. The van der Waals surface area contributed by atoms with Crippen LogP contribution in [0.5, 0.6) is 0 Å². The number of allylic oxidation sites excluding steroid dienone is 1. The smallest absolute Gasteiger partial charge is 0.238 e. The van der Waals surface area contributed by atoms with E-state index in [1.165, 1.54) is 49.6 Å². The Labute approximate surface area is 210 Å². The number of rotatable bonds is 4. The minimum atomic E-state index is -0.157. The van der Waals surface area contributed by atoms with Crippen LogP contribution in [0.4, 0.5) is 11.4 Å². The highest BCUT2D eigenvalue weighted by Gasteiger charge is 2.13. The summed E-state index contributed by atoms with van der Waals surface area (Å²) in [6.07, 6.45) is 7.36. The summed E-state index contributed by atoms with van der Waals surface area (Å²) in [5, 5.41) is 11.0. The standard InChI is InChI=1S/C10H13N3O.C6H10N2O.C6H14N2.C3H7N/c1-7(14)13(11)9-2-3-10-8(6-9)4-5-12-10;1-5(3-7)8-6(2)4-9;1-7-6-2-4-8-5-3-6;1-3-4-2/h2-3,6,12H,4-5,11H2,1H3;3-4H,7H2,1-2H3;6-8H,2-5H2,1H3;3H,1-2H3/b;5-3+,8-6?;;. The fourth-order valence-electron chi connectivity index (χ4n) is 3.08. The molecule has 0 aliphatic carbocycles. The van der Waals surface area contributed by atoms with E-state index in [9.17, 15) is 9.59 Å². The second-order valence-electron chi connectivity index (χ2n) is 7.92. The number of nitrogens with two attached hydrogens (primary N) is 2. The van der Waals surface area contributed by atoms with Crippen molar-refractivity contribution in [2.24, 2.45) is 21.6 Å². The van der Waals surface area contributed by atoms with E-state index in [-0.39, 0.29) is 5.91 Å². The Morgan fingerprint density at radius 3 is 2.29 bits per heavy atom. The molecule has 1 saturated heterocycles. The number of amides is 1. The Bertz CT molecular complexity index is 842. The molecule has 0 atom stereocenters. The van der Waals surface area contributed by atoms with E-state index in [4.69, 9.17) is 11.6 Å². The van der Waals surface area contributed by atoms with Crippen LogP contribution in [0.2, 0.25) is 0 Å². The number of nitrogens with zero attached hydrogens (tertiary/aromatic N) is 3. The van der Waals surface area contributed by atoms with Gasteiger partial charge < -0.3 is 26.7 Å². The second kappa shape index (κ2) is 19.2. The van der Waals surface area contributed by atoms with Gasteiger partial charge >= 0.3 is 0 Å². The highest BCUT2D eigenvalue weighted by Crippen LogP contribution is 2.26. The lowest BCUT2D eigenvalue weighted by Gasteiger charge is -2.21. The molecular formula is C25H44N8O2. The highest BCUT2D eigenvalue weighted by molar-refractivity contribution is 6.27. The van der Waals surface area contributed by atoms with Crippen LogP contribution in [0.3, 0.4) is 0 Å². The molecule has 1 amide bonds. The Kier molecular flexibility index (Phi) is 17.6. The van der Waals surface area contributed by atoms with Gasteiger partial charge in [0.15, 0.2) is 6.29 Å². The second-order valence-corrected chi connectivity index (χ2v) is 7.92. The van der Waals surface area contributed by atoms with E-state index < -0.39 is 0 Å². The first-order valence-corrected chi connectivity index (χ1v) is 11.8. The number of piperidine rings is 1. The quantitative estimate of drug-likeness (QED) is 0.143. The fourth-order valence-corrected chi connectivity index (χ4v) is 3.08. The van der Waals surface area contributed by atoms with Crippen LogP contribution >= 0.6 is 0 Å². The van der Waals surface area contributed by atoms with Gasteiger partial charge in [0.25, 0.3) is 0 Å². The van der Waals surface area contributed by atoms with Crippen molar-refractivity contribution in [3.8, 4) is 0 Å². The summed E-state index contributed by atoms with van der Waals surface area (Å²) in [4.78, 5) is 28.4. The van der Waals surface area contributed by atoms with Gasteiger partial charge in [0, 0.05) is 38.4 Å². The minimum Gasteiger partial charge on any atom is -0.403 e. The largest absolute Gasteiger partial charge is 0.403 e. The molecule has 2 aliphatic rings. The number of nitrogens with one attached hydrogen (secondary N) is 3. The summed E-state index contributed by atoms with van der Waals surface area (Å²) in [7, 11) is 3.79. The third-order valence-corrected chi connectivity index (χ3v) is 5.19. The van der Waals surface area contributed by atoms with E-state index in [0.29, 0.717) is 17.7 Å². The lowest BCUT2D eigenvalue weighted by atomic mass is 10.1. The Balaban J connectivity index is 0.000000481. The maximum atomic E-state index is 11.0. The number of hydrazine groups is 1. The average molecular weight is 489 g/mol. The molecule has 1 aromatic carbocycles. The van der Waals surface area contributed by atoms with Crippen molar-refractivity contribution in [2.45, 2.75) is 53.0 Å². The van der Waals surface area contributed by atoms with Crippen LogP contribution < -0.4 is 32.5 Å². The van der Waals surface area contributed by atoms with E-state index in [1.54, 1.807) is 27.1 Å². The Hall–Kier alpha value is -3.08. The summed E-state index contributed by atoms with van der Waals surface area (Å²) in [5.41, 5.74) is 9.30. The summed E-state index contributed by atoms with van der Waals surface area (Å²) in [5.74, 6) is 5.44. The molecule has 35 heavy (non-hydrogen) atoms. The van der Waals surface area contributed by atoms with Gasteiger partial charge in [-0.05, 0) is 90.1 Å². The number of carbonyl (C=O) groups is 2. The first kappa shape index (κ1) is 31.9. The van der Waals surface area contributed by atoms with Crippen LogP contribution in [-0.2, 0) is 16.0 Å². The fraction of sp³-hybridized carbons (Fsp3) is 0.520. The molecule has 3 rings (SSSR count). The van der Waals surface area contributed by atoms with Gasteiger partial charge in [-0.25, -0.2) is 10.9 Å². The molecule has 0 spiro atoms. The average Bonchev–Trinajstić information content (AvgIpc) is 3.37. The number of hydrogen-bond acceptors (Lipinski definition) is 9. The number of aliphatic imine (C=N–C) groups is 2. The Morgan fingerprint density at radius 2 is 1.83 bits per heavy atom. The molecule has 0 unspecified atom stereocenters. The maximum Gasteiger partial charge on any atom is 0.238 e. The molecule has 1 aromatic rings. The monoisotopic (exact) mass is 488 g/mol. The van der Waals surface area contributed by atoms with Gasteiger partial charge in [0.2, 0.25) is 5.91 Å². The normalized spacial score (nSPS) is 15.3. The number of aldehydes is 1. The summed E-state index contributed by atoms with van der Waals surface area (Å²) < 4.78 is 0. The SMILES string of the molecule is CC(=O)N(N)c1ccc2c(c1)CCN2.CC(C=O)=N/C(C)=C/N.CC=NC.CNC1CCNCC1. The van der Waals surface area contributed by atoms with Gasteiger partial charge in [0.05, 0.1) is 17.1 Å². The number of fused-ring (bicyclic) bond motifs is 1.